The lowest BCUT2D eigenvalue weighted by molar-refractivity contribution is 0.346. The number of hydrogen-bond donors (Lipinski definition) is 0. The summed E-state index contributed by atoms with van der Waals surface area (Å²) in [5, 5.41) is 0. The van der Waals surface area contributed by atoms with Crippen LogP contribution in [0.2, 0.25) is 0 Å². The summed E-state index contributed by atoms with van der Waals surface area (Å²) in [6.45, 7) is 6.78. The summed E-state index contributed by atoms with van der Waals surface area (Å²) in [4.78, 5) is 0. The molecule has 1 fully saturated rings. The SMILES string of the molecule is CCc1ccc(C2(c3ccc(C(C)C)cc3)CCCCC2)cc1. The van der Waals surface area contributed by atoms with Crippen LogP contribution in [0.15, 0.2) is 48.5 Å². The van der Waals surface area contributed by atoms with Gasteiger partial charge in [-0.25, -0.2) is 0 Å². The van der Waals surface area contributed by atoms with E-state index in [-0.39, 0.29) is 5.41 Å². The number of hydrogen-bond acceptors (Lipinski definition) is 0. The van der Waals surface area contributed by atoms with Gasteiger partial charge in [0.15, 0.2) is 0 Å². The molecule has 1 aliphatic rings. The summed E-state index contributed by atoms with van der Waals surface area (Å²) in [5.41, 5.74) is 6.16. The van der Waals surface area contributed by atoms with Crippen molar-refractivity contribution in [2.75, 3.05) is 0 Å². The Labute approximate surface area is 141 Å². The van der Waals surface area contributed by atoms with Gasteiger partial charge in [0.1, 0.15) is 0 Å². The lowest BCUT2D eigenvalue weighted by atomic mass is 9.65. The van der Waals surface area contributed by atoms with Gasteiger partial charge in [-0.3, -0.25) is 0 Å². The first-order chi connectivity index (χ1) is 11.2. The molecule has 0 aliphatic heterocycles. The van der Waals surface area contributed by atoms with E-state index in [1.807, 2.05) is 0 Å². The molecule has 122 valence electrons. The van der Waals surface area contributed by atoms with Gasteiger partial charge in [0.05, 0.1) is 0 Å². The van der Waals surface area contributed by atoms with Crippen molar-refractivity contribution < 1.29 is 0 Å². The Kier molecular flexibility index (Phi) is 4.90. The smallest absolute Gasteiger partial charge is 0.0202 e. The van der Waals surface area contributed by atoms with Gasteiger partial charge in [-0.05, 0) is 47.4 Å². The average Bonchev–Trinajstić information content (AvgIpc) is 2.62. The largest absolute Gasteiger partial charge is 0.0613 e. The van der Waals surface area contributed by atoms with Crippen LogP contribution in [0.4, 0.5) is 0 Å². The van der Waals surface area contributed by atoms with E-state index in [0.717, 1.165) is 6.42 Å². The fourth-order valence-corrected chi connectivity index (χ4v) is 4.15. The maximum Gasteiger partial charge on any atom is 0.0202 e. The second kappa shape index (κ2) is 6.91. The molecule has 0 saturated heterocycles. The lowest BCUT2D eigenvalue weighted by Gasteiger charge is -2.39. The minimum atomic E-state index is 0.236. The molecule has 0 nitrogen and oxygen atoms in total. The van der Waals surface area contributed by atoms with Crippen LogP contribution in [0.25, 0.3) is 0 Å². The molecule has 3 rings (SSSR count). The maximum absolute atomic E-state index is 2.40. The van der Waals surface area contributed by atoms with Crippen LogP contribution < -0.4 is 0 Å². The predicted octanol–water partition coefficient (Wildman–Crippen LogP) is 6.62. The summed E-state index contributed by atoms with van der Waals surface area (Å²) < 4.78 is 0. The Balaban J connectivity index is 2.01. The van der Waals surface area contributed by atoms with E-state index in [1.165, 1.54) is 54.4 Å². The zero-order chi connectivity index (χ0) is 16.3. The van der Waals surface area contributed by atoms with Crippen molar-refractivity contribution in [2.24, 2.45) is 0 Å². The Bertz CT molecular complexity index is 610. The molecule has 2 aromatic carbocycles. The van der Waals surface area contributed by atoms with Gasteiger partial charge < -0.3 is 0 Å². The van der Waals surface area contributed by atoms with Crippen molar-refractivity contribution in [3.63, 3.8) is 0 Å². The van der Waals surface area contributed by atoms with Crippen molar-refractivity contribution in [3.8, 4) is 0 Å². The van der Waals surface area contributed by atoms with E-state index in [4.69, 9.17) is 0 Å². The summed E-state index contributed by atoms with van der Waals surface area (Å²) in [6.07, 6.45) is 7.79. The summed E-state index contributed by atoms with van der Waals surface area (Å²) in [7, 11) is 0. The van der Waals surface area contributed by atoms with Crippen molar-refractivity contribution >= 4 is 0 Å². The van der Waals surface area contributed by atoms with Crippen LogP contribution in [-0.4, -0.2) is 0 Å². The highest BCUT2D eigenvalue weighted by Crippen LogP contribution is 2.45. The molecule has 1 saturated carbocycles. The van der Waals surface area contributed by atoms with Crippen molar-refractivity contribution in [1.29, 1.82) is 0 Å². The molecule has 2 aromatic rings. The molecule has 0 aromatic heterocycles. The molecular formula is C23H30. The van der Waals surface area contributed by atoms with E-state index < -0.39 is 0 Å². The van der Waals surface area contributed by atoms with E-state index >= 15 is 0 Å². The van der Waals surface area contributed by atoms with Crippen LogP contribution in [0, 0.1) is 0 Å². The predicted molar refractivity (Wildman–Crippen MR) is 100 cm³/mol. The topological polar surface area (TPSA) is 0 Å². The van der Waals surface area contributed by atoms with Crippen molar-refractivity contribution in [2.45, 2.75) is 70.6 Å². The highest BCUT2D eigenvalue weighted by Gasteiger charge is 2.35. The zero-order valence-corrected chi connectivity index (χ0v) is 14.9. The van der Waals surface area contributed by atoms with Crippen LogP contribution in [0.3, 0.4) is 0 Å². The minimum absolute atomic E-state index is 0.236. The van der Waals surface area contributed by atoms with Crippen LogP contribution in [0.1, 0.15) is 81.0 Å². The van der Waals surface area contributed by atoms with Crippen LogP contribution in [-0.2, 0) is 11.8 Å². The first kappa shape index (κ1) is 16.3. The Morgan fingerprint density at radius 3 is 1.78 bits per heavy atom. The number of aryl methyl sites for hydroxylation is 1. The fourth-order valence-electron chi connectivity index (χ4n) is 4.15. The van der Waals surface area contributed by atoms with Gasteiger partial charge in [-0.2, -0.15) is 0 Å². The van der Waals surface area contributed by atoms with Crippen molar-refractivity contribution in [3.05, 3.63) is 70.8 Å². The Morgan fingerprint density at radius 2 is 1.30 bits per heavy atom. The molecule has 0 atom stereocenters. The minimum Gasteiger partial charge on any atom is -0.0613 e. The van der Waals surface area contributed by atoms with E-state index in [2.05, 4.69) is 69.3 Å². The standard InChI is InChI=1S/C23H30/c1-4-19-8-12-21(13-9-19)23(16-6-5-7-17-23)22-14-10-20(11-15-22)18(2)3/h8-15,18H,4-7,16-17H2,1-3H3. The number of benzene rings is 2. The van der Waals surface area contributed by atoms with E-state index in [0.29, 0.717) is 5.92 Å². The van der Waals surface area contributed by atoms with Gasteiger partial charge in [-0.15, -0.1) is 0 Å². The molecule has 0 N–H and O–H groups in total. The average molecular weight is 306 g/mol. The third-order valence-corrected chi connectivity index (χ3v) is 5.75. The fraction of sp³-hybridized carbons (Fsp3) is 0.478. The van der Waals surface area contributed by atoms with E-state index in [9.17, 15) is 0 Å². The lowest BCUT2D eigenvalue weighted by Crippen LogP contribution is -2.30. The summed E-state index contributed by atoms with van der Waals surface area (Å²) in [5.74, 6) is 0.607. The quantitative estimate of drug-likeness (QED) is 0.595. The highest BCUT2D eigenvalue weighted by atomic mass is 14.4. The van der Waals surface area contributed by atoms with Gasteiger partial charge in [0.25, 0.3) is 0 Å². The Morgan fingerprint density at radius 1 is 0.783 bits per heavy atom. The molecule has 0 unspecified atom stereocenters. The first-order valence-corrected chi connectivity index (χ1v) is 9.35. The van der Waals surface area contributed by atoms with E-state index in [1.54, 1.807) is 0 Å². The van der Waals surface area contributed by atoms with Crippen molar-refractivity contribution in [1.82, 2.24) is 0 Å². The third-order valence-electron chi connectivity index (χ3n) is 5.75. The second-order valence-electron chi connectivity index (χ2n) is 7.47. The van der Waals surface area contributed by atoms with Gasteiger partial charge in [0.2, 0.25) is 0 Å². The maximum atomic E-state index is 2.40. The molecule has 0 spiro atoms. The molecule has 23 heavy (non-hydrogen) atoms. The molecule has 0 heteroatoms. The molecule has 1 aliphatic carbocycles. The summed E-state index contributed by atoms with van der Waals surface area (Å²) in [6, 6.07) is 18.9. The van der Waals surface area contributed by atoms with Gasteiger partial charge in [0, 0.05) is 5.41 Å². The highest BCUT2D eigenvalue weighted by molar-refractivity contribution is 5.42. The molecular weight excluding hydrogens is 276 g/mol. The normalized spacial score (nSPS) is 17.4. The monoisotopic (exact) mass is 306 g/mol. The summed E-state index contributed by atoms with van der Waals surface area (Å²) >= 11 is 0. The molecule has 0 heterocycles. The molecule has 0 amide bonds. The molecule has 0 bridgehead atoms. The van der Waals surface area contributed by atoms with Gasteiger partial charge in [-0.1, -0.05) is 88.6 Å². The molecule has 0 radical (unpaired) electrons. The second-order valence-corrected chi connectivity index (χ2v) is 7.47. The first-order valence-electron chi connectivity index (χ1n) is 9.35. The third kappa shape index (κ3) is 3.22. The Hall–Kier alpha value is -1.56. The van der Waals surface area contributed by atoms with Crippen LogP contribution in [0.5, 0.6) is 0 Å². The number of rotatable bonds is 4. The zero-order valence-electron chi connectivity index (χ0n) is 14.9. The van der Waals surface area contributed by atoms with Gasteiger partial charge >= 0.3 is 0 Å². The van der Waals surface area contributed by atoms with Crippen LogP contribution >= 0.6 is 0 Å².